The van der Waals surface area contributed by atoms with Crippen LogP contribution in [0.25, 0.3) is 0 Å². The number of hydrogen-bond acceptors (Lipinski definition) is 10. The van der Waals surface area contributed by atoms with Gasteiger partial charge in [0.25, 0.3) is 11.8 Å². The first-order valence-electron chi connectivity index (χ1n) is 16.9. The van der Waals surface area contributed by atoms with Gasteiger partial charge in [-0.15, -0.1) is 0 Å². The molecule has 6 heterocycles. The van der Waals surface area contributed by atoms with Gasteiger partial charge in [-0.3, -0.25) is 29.8 Å². The Bertz CT molecular complexity index is 1610. The number of amides is 2. The Labute approximate surface area is 284 Å². The highest BCUT2D eigenvalue weighted by molar-refractivity contribution is 6.03. The number of halogens is 1. The van der Waals surface area contributed by atoms with Crippen molar-refractivity contribution in [2.75, 3.05) is 50.0 Å². The van der Waals surface area contributed by atoms with Gasteiger partial charge in [-0.2, -0.15) is 10.2 Å². The Hall–Kier alpha value is -4.57. The summed E-state index contributed by atoms with van der Waals surface area (Å²) in [5, 5.41) is 25.3. The molecule has 0 spiro atoms. The third-order valence-corrected chi connectivity index (χ3v) is 8.04. The van der Waals surface area contributed by atoms with Crippen molar-refractivity contribution in [1.29, 1.82) is 0 Å². The predicted octanol–water partition coefficient (Wildman–Crippen LogP) is 4.26. The van der Waals surface area contributed by atoms with Crippen LogP contribution in [0.1, 0.15) is 95.5 Å². The lowest BCUT2D eigenvalue weighted by molar-refractivity contribution is 0.0250. The largest absolute Gasteiger partial charge is 0.369 e. The van der Waals surface area contributed by atoms with Crippen molar-refractivity contribution in [1.82, 2.24) is 41.0 Å². The third kappa shape index (κ3) is 10.2. The van der Waals surface area contributed by atoms with E-state index in [0.717, 1.165) is 68.8 Å². The number of H-pyrrole nitrogens is 2. The van der Waals surface area contributed by atoms with Crippen LogP contribution in [0.5, 0.6) is 0 Å². The average molecular weight is 677 g/mol. The van der Waals surface area contributed by atoms with Crippen molar-refractivity contribution in [3.8, 4) is 0 Å². The number of nitrogens with one attached hydrogen (secondary N) is 6. The second-order valence-corrected chi connectivity index (χ2v) is 11.8. The molecule has 6 N–H and O–H groups in total. The van der Waals surface area contributed by atoms with Gasteiger partial charge in [0.1, 0.15) is 12.2 Å². The summed E-state index contributed by atoms with van der Waals surface area (Å²) < 4.78 is 25.5. The van der Waals surface area contributed by atoms with Gasteiger partial charge in [0.05, 0.1) is 54.1 Å². The monoisotopic (exact) mass is 676 g/mol. The summed E-state index contributed by atoms with van der Waals surface area (Å²) in [5.74, 6) is -1.42. The molecule has 6 rings (SSSR count). The van der Waals surface area contributed by atoms with Crippen molar-refractivity contribution < 1.29 is 23.5 Å². The molecule has 2 aliphatic heterocycles. The van der Waals surface area contributed by atoms with Crippen molar-refractivity contribution in [2.24, 2.45) is 0 Å². The molecule has 0 unspecified atom stereocenters. The fourth-order valence-electron chi connectivity index (χ4n) is 5.24. The number of hydrogen-bond donors (Lipinski definition) is 6. The lowest BCUT2D eigenvalue weighted by atomic mass is 10.2. The number of rotatable bonds is 12. The molecule has 2 saturated heterocycles. The van der Waals surface area contributed by atoms with Gasteiger partial charge in [-0.05, 0) is 56.0 Å². The minimum Gasteiger partial charge on any atom is -0.369 e. The van der Waals surface area contributed by atoms with Crippen LogP contribution in [0.2, 0.25) is 0 Å². The molecule has 2 aliphatic rings. The number of aromatic amines is 2. The van der Waals surface area contributed by atoms with Crippen LogP contribution in [0.4, 0.5) is 15.8 Å². The summed E-state index contributed by atoms with van der Waals surface area (Å²) in [6.07, 6.45) is 8.47. The fourth-order valence-corrected chi connectivity index (χ4v) is 5.24. The second kappa shape index (κ2) is 18.3. The predicted molar refractivity (Wildman–Crippen MR) is 182 cm³/mol. The molecular weight excluding hydrogens is 631 g/mol. The Morgan fingerprint density at radius 3 is 1.94 bits per heavy atom. The quantitative estimate of drug-likeness (QED) is 0.127. The maximum Gasteiger partial charge on any atom is 0.279 e. The average Bonchev–Trinajstić information content (AvgIpc) is 3.78. The Morgan fingerprint density at radius 2 is 1.41 bits per heavy atom. The summed E-state index contributed by atoms with van der Waals surface area (Å²) in [6.45, 7) is 8.65. The molecule has 0 saturated carbocycles. The van der Waals surface area contributed by atoms with Crippen molar-refractivity contribution in [3.05, 3.63) is 82.7 Å². The van der Waals surface area contributed by atoms with Gasteiger partial charge in [0, 0.05) is 31.9 Å². The van der Waals surface area contributed by atoms with Gasteiger partial charge in [-0.25, -0.2) is 4.39 Å². The standard InChI is InChI=1S/C17H22FN5O2.C17H23N5O2/c1-2-3-4-13-15(18)16(23-22-13)17(24)21-11-5-6-12(20-9-11)14-10-19-7-8-25-14;1-2-3-4-12-9-15(22-21-12)17(23)20-13-5-6-14(19-10-13)16-11-18-7-8-24-16/h5-6,9,14,19H,2-4,7-8,10H2,1H3,(H,21,24)(H,22,23);5-6,9-10,16,18H,2-4,7-8,11H2,1H3,(H,20,23)(H,21,22)/t14-;16-/m00/s1. The van der Waals surface area contributed by atoms with Crippen LogP contribution in [-0.2, 0) is 22.3 Å². The molecule has 262 valence electrons. The first-order chi connectivity index (χ1) is 23.9. The highest BCUT2D eigenvalue weighted by atomic mass is 19.1. The zero-order valence-electron chi connectivity index (χ0n) is 28.0. The molecule has 0 radical (unpaired) electrons. The molecule has 15 heteroatoms. The summed E-state index contributed by atoms with van der Waals surface area (Å²) in [4.78, 5) is 33.1. The second-order valence-electron chi connectivity index (χ2n) is 11.8. The van der Waals surface area contributed by atoms with E-state index in [1.807, 2.05) is 19.1 Å². The van der Waals surface area contributed by atoms with Gasteiger partial charge in [-0.1, -0.05) is 26.7 Å². The lowest BCUT2D eigenvalue weighted by Crippen LogP contribution is -2.33. The Kier molecular flexibility index (Phi) is 13.3. The number of anilines is 2. The molecule has 14 nitrogen and oxygen atoms in total. The molecule has 4 aromatic rings. The number of aryl methyl sites for hydroxylation is 2. The van der Waals surface area contributed by atoms with Crippen LogP contribution in [0.3, 0.4) is 0 Å². The number of carbonyl (C=O) groups excluding carboxylic acids is 2. The summed E-state index contributed by atoms with van der Waals surface area (Å²) >= 11 is 0. The van der Waals surface area contributed by atoms with E-state index >= 15 is 0 Å². The number of ether oxygens (including phenoxy) is 2. The molecule has 2 amide bonds. The van der Waals surface area contributed by atoms with Crippen LogP contribution in [-0.4, -0.2) is 81.6 Å². The first-order valence-corrected chi connectivity index (χ1v) is 16.9. The van der Waals surface area contributed by atoms with Gasteiger partial charge < -0.3 is 30.7 Å². The SMILES string of the molecule is CCCCc1[nH]nc(C(=O)Nc2ccc([C@@H]3CNCCO3)nc2)c1F.CCCCc1cc(C(=O)Nc2ccc([C@@H]3CNCCO3)nc2)n[nH]1. The maximum atomic E-state index is 14.2. The van der Waals surface area contributed by atoms with E-state index in [4.69, 9.17) is 9.47 Å². The van der Waals surface area contributed by atoms with Gasteiger partial charge in [0.2, 0.25) is 0 Å². The Morgan fingerprint density at radius 1 is 0.816 bits per heavy atom. The van der Waals surface area contributed by atoms with Crippen LogP contribution < -0.4 is 21.3 Å². The number of morpholine rings is 2. The number of aromatic nitrogens is 6. The fraction of sp³-hybridized carbons (Fsp3) is 0.471. The van der Waals surface area contributed by atoms with E-state index in [0.29, 0.717) is 48.9 Å². The first kappa shape index (κ1) is 35.7. The highest BCUT2D eigenvalue weighted by Gasteiger charge is 2.21. The zero-order valence-corrected chi connectivity index (χ0v) is 28.0. The number of pyridine rings is 2. The van der Waals surface area contributed by atoms with E-state index < -0.39 is 11.7 Å². The van der Waals surface area contributed by atoms with Gasteiger partial charge >= 0.3 is 0 Å². The zero-order chi connectivity index (χ0) is 34.4. The normalized spacial score (nSPS) is 17.5. The third-order valence-electron chi connectivity index (χ3n) is 8.04. The lowest BCUT2D eigenvalue weighted by Gasteiger charge is -2.23. The molecule has 2 fully saturated rings. The van der Waals surface area contributed by atoms with Crippen molar-refractivity contribution in [2.45, 2.75) is 64.6 Å². The summed E-state index contributed by atoms with van der Waals surface area (Å²) in [5.41, 5.74) is 4.29. The van der Waals surface area contributed by atoms with E-state index in [1.54, 1.807) is 24.4 Å². The topological polar surface area (TPSA) is 184 Å². The Balaban J connectivity index is 0.000000191. The summed E-state index contributed by atoms with van der Waals surface area (Å²) in [7, 11) is 0. The molecule has 0 aromatic carbocycles. The minimum absolute atomic E-state index is 0.0315. The molecule has 0 bridgehead atoms. The van der Waals surface area contributed by atoms with Crippen molar-refractivity contribution >= 4 is 23.2 Å². The van der Waals surface area contributed by atoms with Gasteiger partial charge in [0.15, 0.2) is 17.2 Å². The van der Waals surface area contributed by atoms with E-state index in [2.05, 4.69) is 58.6 Å². The number of nitrogens with zero attached hydrogens (tertiary/aromatic N) is 4. The molecule has 0 aliphatic carbocycles. The molecular formula is C34H45FN10O4. The molecule has 49 heavy (non-hydrogen) atoms. The van der Waals surface area contributed by atoms with E-state index in [-0.39, 0.29) is 23.8 Å². The maximum absolute atomic E-state index is 14.2. The summed E-state index contributed by atoms with van der Waals surface area (Å²) in [6, 6.07) is 9.03. The smallest absolute Gasteiger partial charge is 0.279 e. The van der Waals surface area contributed by atoms with E-state index in [1.165, 1.54) is 6.20 Å². The van der Waals surface area contributed by atoms with Crippen LogP contribution in [0.15, 0.2) is 42.7 Å². The number of unbranched alkanes of at least 4 members (excludes halogenated alkanes) is 2. The van der Waals surface area contributed by atoms with Crippen LogP contribution in [0, 0.1) is 5.82 Å². The molecule has 4 aromatic heterocycles. The van der Waals surface area contributed by atoms with Crippen LogP contribution >= 0.6 is 0 Å². The van der Waals surface area contributed by atoms with Crippen molar-refractivity contribution in [3.63, 3.8) is 0 Å². The van der Waals surface area contributed by atoms with E-state index in [9.17, 15) is 14.0 Å². The number of carbonyl (C=O) groups is 2. The minimum atomic E-state index is -0.596. The molecule has 2 atom stereocenters. The highest BCUT2D eigenvalue weighted by Crippen LogP contribution is 2.20.